The van der Waals surface area contributed by atoms with Crippen molar-refractivity contribution in [2.75, 3.05) is 33.0 Å². The summed E-state index contributed by atoms with van der Waals surface area (Å²) in [5, 5.41) is 29.7. The van der Waals surface area contributed by atoms with E-state index in [0.717, 1.165) is 0 Å². The third-order valence-corrected chi connectivity index (χ3v) is 2.15. The van der Waals surface area contributed by atoms with Crippen LogP contribution in [0.5, 0.6) is 0 Å². The van der Waals surface area contributed by atoms with Gasteiger partial charge in [0.1, 0.15) is 0 Å². The van der Waals surface area contributed by atoms with E-state index in [0.29, 0.717) is 0 Å². The highest BCUT2D eigenvalue weighted by Gasteiger charge is 2.27. The normalized spacial score (nSPS) is 11.2. The van der Waals surface area contributed by atoms with Crippen LogP contribution < -0.4 is 5.32 Å². The van der Waals surface area contributed by atoms with Gasteiger partial charge in [0.25, 0.3) is 0 Å². The highest BCUT2D eigenvalue weighted by molar-refractivity contribution is 5.88. The number of carbonyl (C=O) groups excluding carboxylic acids is 1. The van der Waals surface area contributed by atoms with Gasteiger partial charge in [-0.05, 0) is 6.92 Å². The van der Waals surface area contributed by atoms with Crippen molar-refractivity contribution >= 4 is 5.97 Å². The molecule has 0 unspecified atom stereocenters. The molecule has 0 heterocycles. The third-order valence-electron chi connectivity index (χ3n) is 2.15. The molecule has 0 amide bonds. The van der Waals surface area contributed by atoms with Gasteiger partial charge in [-0.15, -0.1) is 0 Å². The van der Waals surface area contributed by atoms with E-state index >= 15 is 0 Å². The van der Waals surface area contributed by atoms with Crippen molar-refractivity contribution in [3.63, 3.8) is 0 Å². The van der Waals surface area contributed by atoms with E-state index in [4.69, 9.17) is 20.1 Å². The molecule has 0 aromatic carbocycles. The Labute approximate surface area is 94.5 Å². The molecule has 0 aliphatic rings. The van der Waals surface area contributed by atoms with E-state index in [9.17, 15) is 4.79 Å². The van der Waals surface area contributed by atoms with Crippen molar-refractivity contribution in [2.24, 2.45) is 0 Å². The van der Waals surface area contributed by atoms with E-state index in [1.54, 1.807) is 6.92 Å². The van der Waals surface area contributed by atoms with Crippen molar-refractivity contribution in [1.82, 2.24) is 5.32 Å². The quantitative estimate of drug-likeness (QED) is 0.298. The number of aliphatic hydroxyl groups is 3. The number of nitrogens with one attached hydrogen (secondary N) is 1. The zero-order valence-electron chi connectivity index (χ0n) is 9.40. The topological polar surface area (TPSA) is 99.0 Å². The van der Waals surface area contributed by atoms with Crippen molar-refractivity contribution in [2.45, 2.75) is 12.5 Å². The molecule has 0 saturated carbocycles. The minimum absolute atomic E-state index is 0.0283. The van der Waals surface area contributed by atoms with Crippen LogP contribution in [0.25, 0.3) is 0 Å². The summed E-state index contributed by atoms with van der Waals surface area (Å²) in [5.74, 6) is -0.544. The molecule has 0 bridgehead atoms. The molecule has 0 aromatic heterocycles. The number of ether oxygens (including phenoxy) is 1. The van der Waals surface area contributed by atoms with Crippen LogP contribution in [0.3, 0.4) is 0 Å². The van der Waals surface area contributed by atoms with Crippen LogP contribution in [0.4, 0.5) is 0 Å². The second-order valence-electron chi connectivity index (χ2n) is 3.43. The molecule has 4 N–H and O–H groups in total. The van der Waals surface area contributed by atoms with Gasteiger partial charge in [-0.1, -0.05) is 6.58 Å². The zero-order chi connectivity index (χ0) is 12.6. The Balaban J connectivity index is 4.21. The predicted octanol–water partition coefficient (Wildman–Crippen LogP) is -1.59. The van der Waals surface area contributed by atoms with Gasteiger partial charge in [-0.25, -0.2) is 4.79 Å². The number of rotatable bonds is 8. The monoisotopic (exact) mass is 233 g/mol. The van der Waals surface area contributed by atoms with Crippen LogP contribution >= 0.6 is 0 Å². The van der Waals surface area contributed by atoms with E-state index in [-0.39, 0.29) is 18.7 Å². The lowest BCUT2D eigenvalue weighted by atomic mass is 10.0. The van der Waals surface area contributed by atoms with Gasteiger partial charge in [-0.2, -0.15) is 0 Å². The molecule has 0 spiro atoms. The van der Waals surface area contributed by atoms with Crippen LogP contribution in [0, 0.1) is 0 Å². The summed E-state index contributed by atoms with van der Waals surface area (Å²) < 4.78 is 4.70. The lowest BCUT2D eigenvalue weighted by Gasteiger charge is -2.28. The van der Waals surface area contributed by atoms with Crippen molar-refractivity contribution in [3.8, 4) is 0 Å². The first-order valence-electron chi connectivity index (χ1n) is 4.97. The molecule has 6 nitrogen and oxygen atoms in total. The Hall–Kier alpha value is -0.950. The fourth-order valence-electron chi connectivity index (χ4n) is 0.917. The van der Waals surface area contributed by atoms with Gasteiger partial charge in [-0.3, -0.25) is 0 Å². The first kappa shape index (κ1) is 15.0. The minimum atomic E-state index is -1.21. The summed E-state index contributed by atoms with van der Waals surface area (Å²) in [6.07, 6.45) is 0. The van der Waals surface area contributed by atoms with Crippen LogP contribution in [-0.2, 0) is 9.53 Å². The van der Waals surface area contributed by atoms with Gasteiger partial charge in [0.2, 0.25) is 0 Å². The molecule has 0 rings (SSSR count). The van der Waals surface area contributed by atoms with Crippen molar-refractivity contribution in [3.05, 3.63) is 12.2 Å². The molecular weight excluding hydrogens is 214 g/mol. The highest BCUT2D eigenvalue weighted by Crippen LogP contribution is 2.03. The fraction of sp³-hybridized carbons (Fsp3) is 0.700. The average molecular weight is 233 g/mol. The molecule has 0 aliphatic heterocycles. The Morgan fingerprint density at radius 3 is 2.19 bits per heavy atom. The van der Waals surface area contributed by atoms with Gasteiger partial charge in [0.05, 0.1) is 32.0 Å². The molecule has 0 fully saturated rings. The maximum Gasteiger partial charge on any atom is 0.334 e. The SMILES string of the molecule is C=C(CNC(CO)(CO)CO)C(=O)OCC. The summed E-state index contributed by atoms with van der Waals surface area (Å²) >= 11 is 0. The molecule has 94 valence electrons. The van der Waals surface area contributed by atoms with E-state index in [2.05, 4.69) is 11.9 Å². The predicted molar refractivity (Wildman–Crippen MR) is 57.8 cm³/mol. The molecule has 0 atom stereocenters. The summed E-state index contributed by atoms with van der Waals surface area (Å²) in [6, 6.07) is 0. The van der Waals surface area contributed by atoms with Gasteiger partial charge >= 0.3 is 5.97 Å². The first-order valence-corrected chi connectivity index (χ1v) is 4.97. The number of esters is 1. The average Bonchev–Trinajstić information content (AvgIpc) is 2.31. The lowest BCUT2D eigenvalue weighted by Crippen LogP contribution is -2.55. The number of aliphatic hydroxyl groups excluding tert-OH is 3. The standard InChI is InChI=1S/C10H19NO5/c1-3-16-9(15)8(2)4-11-10(5-12,6-13)7-14/h11-14H,2-7H2,1H3. The highest BCUT2D eigenvalue weighted by atomic mass is 16.5. The molecule has 0 aliphatic carbocycles. The maximum absolute atomic E-state index is 11.2. The van der Waals surface area contributed by atoms with Gasteiger partial charge < -0.3 is 25.4 Å². The molecule has 16 heavy (non-hydrogen) atoms. The van der Waals surface area contributed by atoms with Crippen LogP contribution in [-0.4, -0.2) is 59.8 Å². The van der Waals surface area contributed by atoms with Crippen LogP contribution in [0.1, 0.15) is 6.92 Å². The summed E-state index contributed by atoms with van der Waals surface area (Å²) in [4.78, 5) is 11.2. The van der Waals surface area contributed by atoms with Gasteiger partial charge in [0, 0.05) is 12.1 Å². The van der Waals surface area contributed by atoms with Crippen molar-refractivity contribution in [1.29, 1.82) is 0 Å². The lowest BCUT2D eigenvalue weighted by molar-refractivity contribution is -0.138. The van der Waals surface area contributed by atoms with E-state index < -0.39 is 31.3 Å². The summed E-state index contributed by atoms with van der Waals surface area (Å²) in [7, 11) is 0. The first-order chi connectivity index (χ1) is 7.55. The van der Waals surface area contributed by atoms with Gasteiger partial charge in [0.15, 0.2) is 0 Å². The fourth-order valence-corrected chi connectivity index (χ4v) is 0.917. The summed E-state index contributed by atoms with van der Waals surface area (Å²) in [5.41, 5.74) is -1.04. The maximum atomic E-state index is 11.2. The largest absolute Gasteiger partial charge is 0.463 e. The van der Waals surface area contributed by atoms with Crippen LogP contribution in [0.2, 0.25) is 0 Å². The Morgan fingerprint density at radius 2 is 1.81 bits per heavy atom. The zero-order valence-corrected chi connectivity index (χ0v) is 9.40. The minimum Gasteiger partial charge on any atom is -0.463 e. The van der Waals surface area contributed by atoms with E-state index in [1.807, 2.05) is 0 Å². The Morgan fingerprint density at radius 1 is 1.31 bits per heavy atom. The Kier molecular flexibility index (Phi) is 6.91. The smallest absolute Gasteiger partial charge is 0.334 e. The molecule has 0 aromatic rings. The third kappa shape index (κ3) is 4.28. The molecule has 0 saturated heterocycles. The molecule has 6 heteroatoms. The van der Waals surface area contributed by atoms with Crippen LogP contribution in [0.15, 0.2) is 12.2 Å². The molecular formula is C10H19NO5. The number of hydrogen-bond acceptors (Lipinski definition) is 6. The Bertz CT molecular complexity index is 229. The second-order valence-corrected chi connectivity index (χ2v) is 3.43. The summed E-state index contributed by atoms with van der Waals surface area (Å²) in [6.45, 7) is 4.11. The molecule has 0 radical (unpaired) electrons. The van der Waals surface area contributed by atoms with E-state index in [1.165, 1.54) is 0 Å². The van der Waals surface area contributed by atoms with Crippen molar-refractivity contribution < 1.29 is 24.9 Å². The number of carbonyl (C=O) groups is 1. The second kappa shape index (κ2) is 7.34. The number of hydrogen-bond donors (Lipinski definition) is 4.